The number of carbonyl (C=O) groups excluding carboxylic acids is 1. The molecule has 0 aromatic heterocycles. The highest BCUT2D eigenvalue weighted by Crippen LogP contribution is 2.24. The minimum absolute atomic E-state index is 0. The van der Waals surface area contributed by atoms with Gasteiger partial charge in [-0.3, -0.25) is 4.79 Å². The van der Waals surface area contributed by atoms with E-state index in [4.69, 9.17) is 5.73 Å². The molecule has 1 fully saturated rings. The van der Waals surface area contributed by atoms with Gasteiger partial charge in [0.2, 0.25) is 5.91 Å². The number of hydrogen-bond donors (Lipinski definition) is 2. The Morgan fingerprint density at radius 1 is 1.33 bits per heavy atom. The first kappa shape index (κ1) is 14.9. The molecule has 1 aromatic rings. The summed E-state index contributed by atoms with van der Waals surface area (Å²) < 4.78 is 12.7. The summed E-state index contributed by atoms with van der Waals surface area (Å²) >= 11 is 0. The molecule has 0 radical (unpaired) electrons. The second-order valence-electron chi connectivity index (χ2n) is 4.61. The monoisotopic (exact) mass is 272 g/mol. The van der Waals surface area contributed by atoms with Crippen LogP contribution in [-0.4, -0.2) is 11.9 Å². The van der Waals surface area contributed by atoms with Crippen molar-refractivity contribution in [2.75, 3.05) is 0 Å². The molecule has 0 spiro atoms. The Labute approximate surface area is 112 Å². The van der Waals surface area contributed by atoms with E-state index in [-0.39, 0.29) is 36.1 Å². The SMILES string of the molecule is Cl.NC1CCC(C(=O)NCc2ccc(F)cc2)C1. The Bertz CT molecular complexity index is 396. The average molecular weight is 273 g/mol. The lowest BCUT2D eigenvalue weighted by Gasteiger charge is -2.10. The summed E-state index contributed by atoms with van der Waals surface area (Å²) in [5, 5.41) is 2.86. The van der Waals surface area contributed by atoms with Crippen LogP contribution in [0.2, 0.25) is 0 Å². The predicted octanol–water partition coefficient (Wildman–Crippen LogP) is 1.99. The molecule has 1 aromatic carbocycles. The van der Waals surface area contributed by atoms with Crippen molar-refractivity contribution in [1.29, 1.82) is 0 Å². The first-order valence-corrected chi connectivity index (χ1v) is 5.93. The minimum Gasteiger partial charge on any atom is -0.352 e. The molecule has 3 N–H and O–H groups in total. The van der Waals surface area contributed by atoms with Gasteiger partial charge < -0.3 is 11.1 Å². The highest BCUT2D eigenvalue weighted by molar-refractivity contribution is 5.85. The number of nitrogens with two attached hydrogens (primary N) is 1. The fourth-order valence-corrected chi connectivity index (χ4v) is 2.19. The van der Waals surface area contributed by atoms with Crippen LogP contribution in [0.5, 0.6) is 0 Å². The van der Waals surface area contributed by atoms with Crippen LogP contribution in [0.25, 0.3) is 0 Å². The quantitative estimate of drug-likeness (QED) is 0.884. The van der Waals surface area contributed by atoms with Crippen LogP contribution < -0.4 is 11.1 Å². The van der Waals surface area contributed by atoms with Crippen molar-refractivity contribution in [3.8, 4) is 0 Å². The second-order valence-corrected chi connectivity index (χ2v) is 4.61. The summed E-state index contributed by atoms with van der Waals surface area (Å²) in [6.45, 7) is 0.449. The van der Waals surface area contributed by atoms with Gasteiger partial charge in [0, 0.05) is 18.5 Å². The topological polar surface area (TPSA) is 55.1 Å². The number of benzene rings is 1. The molecule has 3 nitrogen and oxygen atoms in total. The van der Waals surface area contributed by atoms with E-state index in [1.165, 1.54) is 12.1 Å². The maximum Gasteiger partial charge on any atom is 0.223 e. The van der Waals surface area contributed by atoms with E-state index in [0.29, 0.717) is 6.54 Å². The van der Waals surface area contributed by atoms with Crippen molar-refractivity contribution >= 4 is 18.3 Å². The fourth-order valence-electron chi connectivity index (χ4n) is 2.19. The average Bonchev–Trinajstić information content (AvgIpc) is 2.75. The number of rotatable bonds is 3. The summed E-state index contributed by atoms with van der Waals surface area (Å²) in [7, 11) is 0. The maximum atomic E-state index is 12.7. The summed E-state index contributed by atoms with van der Waals surface area (Å²) in [5.41, 5.74) is 6.67. The molecule has 2 rings (SSSR count). The van der Waals surface area contributed by atoms with Crippen LogP contribution in [-0.2, 0) is 11.3 Å². The van der Waals surface area contributed by atoms with Crippen molar-refractivity contribution in [2.45, 2.75) is 31.8 Å². The molecular formula is C13H18ClFN2O. The summed E-state index contributed by atoms with van der Waals surface area (Å²) in [6, 6.07) is 6.31. The highest BCUT2D eigenvalue weighted by Gasteiger charge is 2.27. The highest BCUT2D eigenvalue weighted by atomic mass is 35.5. The molecule has 0 saturated heterocycles. The van der Waals surface area contributed by atoms with Crippen molar-refractivity contribution in [2.24, 2.45) is 11.7 Å². The first-order valence-electron chi connectivity index (χ1n) is 5.93. The van der Waals surface area contributed by atoms with Gasteiger partial charge in [-0.2, -0.15) is 0 Å². The van der Waals surface area contributed by atoms with Crippen LogP contribution in [0.4, 0.5) is 4.39 Å². The smallest absolute Gasteiger partial charge is 0.223 e. The number of nitrogens with one attached hydrogen (secondary N) is 1. The predicted molar refractivity (Wildman–Crippen MR) is 70.8 cm³/mol. The molecule has 1 saturated carbocycles. The van der Waals surface area contributed by atoms with E-state index < -0.39 is 0 Å². The zero-order valence-electron chi connectivity index (χ0n) is 10.1. The summed E-state index contributed by atoms with van der Waals surface area (Å²) in [4.78, 5) is 11.8. The van der Waals surface area contributed by atoms with Crippen LogP contribution in [0.1, 0.15) is 24.8 Å². The molecule has 2 unspecified atom stereocenters. The lowest BCUT2D eigenvalue weighted by Crippen LogP contribution is -2.29. The largest absolute Gasteiger partial charge is 0.352 e. The molecule has 2 atom stereocenters. The van der Waals surface area contributed by atoms with Gasteiger partial charge in [0.15, 0.2) is 0 Å². The number of carbonyl (C=O) groups is 1. The molecule has 0 bridgehead atoms. The second kappa shape index (κ2) is 6.71. The van der Waals surface area contributed by atoms with Crippen molar-refractivity contribution in [1.82, 2.24) is 5.32 Å². The molecule has 1 aliphatic carbocycles. The maximum absolute atomic E-state index is 12.7. The molecular weight excluding hydrogens is 255 g/mol. The Morgan fingerprint density at radius 2 is 2.00 bits per heavy atom. The summed E-state index contributed by atoms with van der Waals surface area (Å²) in [6.07, 6.45) is 2.57. The molecule has 18 heavy (non-hydrogen) atoms. The third kappa shape index (κ3) is 3.96. The molecule has 0 heterocycles. The molecule has 1 amide bonds. The molecule has 5 heteroatoms. The van der Waals surface area contributed by atoms with Gasteiger partial charge in [0.05, 0.1) is 0 Å². The van der Waals surface area contributed by atoms with Gasteiger partial charge in [-0.05, 0) is 37.0 Å². The van der Waals surface area contributed by atoms with Gasteiger partial charge in [-0.1, -0.05) is 12.1 Å². The van der Waals surface area contributed by atoms with Crippen LogP contribution in [0, 0.1) is 11.7 Å². The van der Waals surface area contributed by atoms with E-state index in [1.807, 2.05) is 0 Å². The van der Waals surface area contributed by atoms with Crippen molar-refractivity contribution in [3.05, 3.63) is 35.6 Å². The lowest BCUT2D eigenvalue weighted by molar-refractivity contribution is -0.125. The first-order chi connectivity index (χ1) is 8.15. The Balaban J connectivity index is 0.00000162. The van der Waals surface area contributed by atoms with Crippen LogP contribution >= 0.6 is 12.4 Å². The van der Waals surface area contributed by atoms with E-state index in [9.17, 15) is 9.18 Å². The molecule has 1 aliphatic rings. The number of halogens is 2. The van der Waals surface area contributed by atoms with Crippen LogP contribution in [0.15, 0.2) is 24.3 Å². The zero-order chi connectivity index (χ0) is 12.3. The Kier molecular flexibility index (Phi) is 5.56. The minimum atomic E-state index is -0.262. The van der Waals surface area contributed by atoms with E-state index in [2.05, 4.69) is 5.32 Å². The van der Waals surface area contributed by atoms with Gasteiger partial charge in [-0.25, -0.2) is 4.39 Å². The third-order valence-corrected chi connectivity index (χ3v) is 3.22. The van der Waals surface area contributed by atoms with Crippen molar-refractivity contribution < 1.29 is 9.18 Å². The van der Waals surface area contributed by atoms with E-state index in [1.54, 1.807) is 12.1 Å². The Morgan fingerprint density at radius 3 is 2.56 bits per heavy atom. The van der Waals surface area contributed by atoms with E-state index in [0.717, 1.165) is 24.8 Å². The third-order valence-electron chi connectivity index (χ3n) is 3.22. The van der Waals surface area contributed by atoms with Gasteiger partial charge in [0.25, 0.3) is 0 Å². The standard InChI is InChI=1S/C13H17FN2O.ClH/c14-11-4-1-9(2-5-11)8-16-13(17)10-3-6-12(15)7-10;/h1-2,4-5,10,12H,3,6-8,15H2,(H,16,17);1H. The van der Waals surface area contributed by atoms with Gasteiger partial charge in [0.1, 0.15) is 5.82 Å². The molecule has 100 valence electrons. The lowest BCUT2D eigenvalue weighted by atomic mass is 10.1. The Hall–Kier alpha value is -1.13. The molecule has 0 aliphatic heterocycles. The zero-order valence-corrected chi connectivity index (χ0v) is 10.9. The normalized spacial score (nSPS) is 22.3. The van der Waals surface area contributed by atoms with Gasteiger partial charge >= 0.3 is 0 Å². The van der Waals surface area contributed by atoms with E-state index >= 15 is 0 Å². The van der Waals surface area contributed by atoms with Crippen LogP contribution in [0.3, 0.4) is 0 Å². The van der Waals surface area contributed by atoms with Gasteiger partial charge in [-0.15, -0.1) is 12.4 Å². The summed E-state index contributed by atoms with van der Waals surface area (Å²) in [5.74, 6) is -0.158. The number of hydrogen-bond acceptors (Lipinski definition) is 2. The fraction of sp³-hybridized carbons (Fsp3) is 0.462. The number of amides is 1. The van der Waals surface area contributed by atoms with Crippen molar-refractivity contribution in [3.63, 3.8) is 0 Å².